The molecule has 0 aliphatic heterocycles. The van der Waals surface area contributed by atoms with Gasteiger partial charge in [-0.15, -0.1) is 0 Å². The standard InChI is InChI=1S/C19H21FN2O3/c1-19(2)9-13(19)11-25-16-4-3-12(10-20)7-15(16)18(24)22-14-5-6-21-17(23)8-14/h3-8,13H,9-11H2,1-2H3,(H2,21,22,23,24). The second-order valence-corrected chi connectivity index (χ2v) is 7.06. The summed E-state index contributed by atoms with van der Waals surface area (Å²) in [5.41, 5.74) is 0.979. The molecule has 1 fully saturated rings. The van der Waals surface area contributed by atoms with Crippen molar-refractivity contribution in [3.63, 3.8) is 0 Å². The number of aromatic amines is 1. The van der Waals surface area contributed by atoms with E-state index in [9.17, 15) is 14.0 Å². The topological polar surface area (TPSA) is 71.2 Å². The van der Waals surface area contributed by atoms with Gasteiger partial charge >= 0.3 is 0 Å². The summed E-state index contributed by atoms with van der Waals surface area (Å²) in [5, 5.41) is 2.65. The Morgan fingerprint density at radius 2 is 2.12 bits per heavy atom. The molecule has 0 bridgehead atoms. The molecule has 1 atom stereocenters. The number of ether oxygens (including phenoxy) is 1. The van der Waals surface area contributed by atoms with E-state index < -0.39 is 12.6 Å². The number of alkyl halides is 1. The van der Waals surface area contributed by atoms with Gasteiger partial charge in [0.2, 0.25) is 5.56 Å². The smallest absolute Gasteiger partial charge is 0.259 e. The Kier molecular flexibility index (Phi) is 4.61. The molecule has 0 radical (unpaired) electrons. The minimum atomic E-state index is -0.665. The second kappa shape index (κ2) is 6.70. The van der Waals surface area contributed by atoms with E-state index >= 15 is 0 Å². The van der Waals surface area contributed by atoms with Crippen molar-refractivity contribution in [2.45, 2.75) is 26.9 Å². The Labute approximate surface area is 145 Å². The number of carbonyl (C=O) groups is 1. The van der Waals surface area contributed by atoms with Crippen LogP contribution >= 0.6 is 0 Å². The van der Waals surface area contributed by atoms with Gasteiger partial charge in [-0.05, 0) is 41.5 Å². The molecule has 2 N–H and O–H groups in total. The molecule has 1 saturated carbocycles. The summed E-state index contributed by atoms with van der Waals surface area (Å²) in [6, 6.07) is 7.57. The Bertz CT molecular complexity index is 845. The van der Waals surface area contributed by atoms with Crippen LogP contribution in [-0.2, 0) is 6.67 Å². The third-order valence-corrected chi connectivity index (χ3v) is 4.63. The quantitative estimate of drug-likeness (QED) is 0.842. The van der Waals surface area contributed by atoms with Gasteiger partial charge < -0.3 is 15.0 Å². The first-order chi connectivity index (χ1) is 11.9. The fourth-order valence-electron chi connectivity index (χ4n) is 2.74. The third-order valence-electron chi connectivity index (χ3n) is 4.63. The number of hydrogen-bond acceptors (Lipinski definition) is 3. The van der Waals surface area contributed by atoms with E-state index in [2.05, 4.69) is 24.1 Å². The zero-order valence-corrected chi connectivity index (χ0v) is 14.3. The van der Waals surface area contributed by atoms with Crippen molar-refractivity contribution in [1.29, 1.82) is 0 Å². The van der Waals surface area contributed by atoms with Gasteiger partial charge in [0.25, 0.3) is 5.91 Å². The summed E-state index contributed by atoms with van der Waals surface area (Å²) >= 11 is 0. The molecule has 1 amide bonds. The van der Waals surface area contributed by atoms with E-state index in [0.717, 1.165) is 6.42 Å². The maximum atomic E-state index is 13.0. The average molecular weight is 344 g/mol. The van der Waals surface area contributed by atoms with Crippen molar-refractivity contribution in [3.8, 4) is 5.75 Å². The lowest BCUT2D eigenvalue weighted by molar-refractivity contribution is 0.102. The van der Waals surface area contributed by atoms with E-state index in [0.29, 0.717) is 29.5 Å². The molecule has 1 aliphatic rings. The number of nitrogens with one attached hydrogen (secondary N) is 2. The van der Waals surface area contributed by atoms with Crippen LogP contribution in [0.3, 0.4) is 0 Å². The maximum Gasteiger partial charge on any atom is 0.259 e. The molecule has 0 spiro atoms. The number of rotatable bonds is 6. The minimum absolute atomic E-state index is 0.258. The third kappa shape index (κ3) is 4.07. The predicted molar refractivity (Wildman–Crippen MR) is 93.7 cm³/mol. The van der Waals surface area contributed by atoms with E-state index in [-0.39, 0.29) is 16.5 Å². The number of anilines is 1. The molecule has 2 aromatic rings. The molecule has 1 heterocycles. The first-order valence-electron chi connectivity index (χ1n) is 8.21. The fraction of sp³-hybridized carbons (Fsp3) is 0.368. The Morgan fingerprint density at radius 3 is 2.76 bits per heavy atom. The van der Waals surface area contributed by atoms with E-state index in [1.165, 1.54) is 18.3 Å². The zero-order chi connectivity index (χ0) is 18.0. The van der Waals surface area contributed by atoms with E-state index in [4.69, 9.17) is 4.74 Å². The zero-order valence-electron chi connectivity index (χ0n) is 14.3. The maximum absolute atomic E-state index is 13.0. The highest BCUT2D eigenvalue weighted by Crippen LogP contribution is 2.51. The SMILES string of the molecule is CC1(C)CC1COc1ccc(CF)cc1C(=O)Nc1cc[nH]c(=O)c1. The van der Waals surface area contributed by atoms with E-state index in [1.807, 2.05) is 0 Å². The van der Waals surface area contributed by atoms with Crippen molar-refractivity contribution < 1.29 is 13.9 Å². The van der Waals surface area contributed by atoms with Crippen molar-refractivity contribution in [2.24, 2.45) is 11.3 Å². The largest absolute Gasteiger partial charge is 0.492 e. The average Bonchev–Trinajstić information content (AvgIpc) is 3.19. The Morgan fingerprint density at radius 1 is 1.36 bits per heavy atom. The van der Waals surface area contributed by atoms with Crippen LogP contribution in [0.2, 0.25) is 0 Å². The minimum Gasteiger partial charge on any atom is -0.492 e. The molecule has 5 nitrogen and oxygen atoms in total. The van der Waals surface area contributed by atoms with Crippen LogP contribution in [0.15, 0.2) is 41.3 Å². The predicted octanol–water partition coefficient (Wildman–Crippen LogP) is 3.52. The number of carbonyl (C=O) groups excluding carboxylic acids is 1. The van der Waals surface area contributed by atoms with E-state index in [1.54, 1.807) is 18.2 Å². The fourth-order valence-corrected chi connectivity index (χ4v) is 2.74. The van der Waals surface area contributed by atoms with Gasteiger partial charge in [-0.2, -0.15) is 0 Å². The molecule has 132 valence electrons. The van der Waals surface area contributed by atoms with Crippen LogP contribution in [0.25, 0.3) is 0 Å². The van der Waals surface area contributed by atoms with Crippen molar-refractivity contribution in [2.75, 3.05) is 11.9 Å². The molecule has 25 heavy (non-hydrogen) atoms. The highest BCUT2D eigenvalue weighted by Gasteiger charge is 2.46. The Balaban J connectivity index is 1.79. The van der Waals surface area contributed by atoms with Gasteiger partial charge in [0, 0.05) is 18.0 Å². The van der Waals surface area contributed by atoms with Crippen molar-refractivity contribution in [1.82, 2.24) is 4.98 Å². The summed E-state index contributed by atoms with van der Waals surface area (Å²) in [7, 11) is 0. The van der Waals surface area contributed by atoms with Crippen molar-refractivity contribution in [3.05, 3.63) is 58.0 Å². The lowest BCUT2D eigenvalue weighted by Crippen LogP contribution is -2.16. The van der Waals surface area contributed by atoms with Crippen LogP contribution in [0, 0.1) is 11.3 Å². The molecule has 1 aromatic carbocycles. The molecule has 0 saturated heterocycles. The number of H-pyrrole nitrogens is 1. The summed E-state index contributed by atoms with van der Waals surface area (Å²) in [6.07, 6.45) is 2.53. The van der Waals surface area contributed by atoms with Crippen molar-refractivity contribution >= 4 is 11.6 Å². The summed E-state index contributed by atoms with van der Waals surface area (Å²) in [5.74, 6) is 0.435. The lowest BCUT2D eigenvalue weighted by Gasteiger charge is -2.13. The highest BCUT2D eigenvalue weighted by atomic mass is 19.1. The number of halogens is 1. The molecule has 3 rings (SSSR count). The monoisotopic (exact) mass is 344 g/mol. The number of benzene rings is 1. The first kappa shape index (κ1) is 17.2. The number of amides is 1. The molecule has 1 aliphatic carbocycles. The van der Waals surface area contributed by atoms with Crippen LogP contribution in [-0.4, -0.2) is 17.5 Å². The summed E-state index contributed by atoms with van der Waals surface area (Å²) < 4.78 is 18.8. The van der Waals surface area contributed by atoms with Gasteiger partial charge in [0.15, 0.2) is 0 Å². The molecule has 6 heteroatoms. The van der Waals surface area contributed by atoms with Gasteiger partial charge in [-0.25, -0.2) is 4.39 Å². The number of pyridine rings is 1. The van der Waals surface area contributed by atoms with Crippen LogP contribution < -0.4 is 15.6 Å². The lowest BCUT2D eigenvalue weighted by atomic mass is 10.1. The molecular weight excluding hydrogens is 323 g/mol. The van der Waals surface area contributed by atoms with Gasteiger partial charge in [0.05, 0.1) is 12.2 Å². The summed E-state index contributed by atoms with van der Waals surface area (Å²) in [6.45, 7) is 4.20. The molecule has 1 aromatic heterocycles. The molecule has 1 unspecified atom stereocenters. The number of aromatic nitrogens is 1. The molecular formula is C19H21FN2O3. The normalized spacial score (nSPS) is 17.8. The van der Waals surface area contributed by atoms with Crippen LogP contribution in [0.4, 0.5) is 10.1 Å². The second-order valence-electron chi connectivity index (χ2n) is 7.06. The first-order valence-corrected chi connectivity index (χ1v) is 8.21. The van der Waals surface area contributed by atoms with Crippen LogP contribution in [0.5, 0.6) is 5.75 Å². The Hall–Kier alpha value is -2.63. The number of hydrogen-bond donors (Lipinski definition) is 2. The van der Waals surface area contributed by atoms with Gasteiger partial charge in [-0.1, -0.05) is 19.9 Å². The van der Waals surface area contributed by atoms with Gasteiger partial charge in [-0.3, -0.25) is 9.59 Å². The van der Waals surface area contributed by atoms with Crippen LogP contribution in [0.1, 0.15) is 36.2 Å². The highest BCUT2D eigenvalue weighted by molar-refractivity contribution is 6.06. The summed E-state index contributed by atoms with van der Waals surface area (Å²) in [4.78, 5) is 26.4. The van der Waals surface area contributed by atoms with Gasteiger partial charge in [0.1, 0.15) is 12.4 Å².